The summed E-state index contributed by atoms with van der Waals surface area (Å²) in [5.41, 5.74) is 2.25. The Hall–Kier alpha value is -3.81. The smallest absolute Gasteiger partial charge is 0.295 e. The molecule has 1 aliphatic rings. The van der Waals surface area contributed by atoms with Gasteiger partial charge < -0.3 is 10.2 Å². The van der Waals surface area contributed by atoms with E-state index in [0.29, 0.717) is 11.4 Å². The van der Waals surface area contributed by atoms with Gasteiger partial charge in [0, 0.05) is 24.9 Å². The Balaban J connectivity index is 1.38. The summed E-state index contributed by atoms with van der Waals surface area (Å²) in [5.74, 6) is -0.322. The number of tetrazole rings is 1. The Morgan fingerprint density at radius 1 is 0.966 bits per heavy atom. The van der Waals surface area contributed by atoms with Gasteiger partial charge in [0.15, 0.2) is 0 Å². The molecule has 2 heterocycles. The molecule has 3 aromatic rings. The first kappa shape index (κ1) is 18.5. The molecule has 0 unspecified atom stereocenters. The summed E-state index contributed by atoms with van der Waals surface area (Å²) in [6, 6.07) is 16.6. The van der Waals surface area contributed by atoms with Crippen molar-refractivity contribution < 1.29 is 9.59 Å². The topological polar surface area (TPSA) is 93.0 Å². The lowest BCUT2D eigenvalue weighted by Gasteiger charge is -2.11. The molecule has 0 spiro atoms. The van der Waals surface area contributed by atoms with Crippen LogP contribution in [0.2, 0.25) is 0 Å². The first-order valence-electron chi connectivity index (χ1n) is 9.43. The van der Waals surface area contributed by atoms with Gasteiger partial charge in [-0.3, -0.25) is 9.59 Å². The fourth-order valence-electron chi connectivity index (χ4n) is 3.07. The number of likely N-dealkylation sites (tertiary alicyclic amines) is 1. The van der Waals surface area contributed by atoms with E-state index < -0.39 is 0 Å². The third-order valence-corrected chi connectivity index (χ3v) is 4.59. The highest BCUT2D eigenvalue weighted by Crippen LogP contribution is 2.14. The molecular formula is C21H20N6O2. The number of carbonyl (C=O) groups is 2. The van der Waals surface area contributed by atoms with Crippen molar-refractivity contribution in [3.63, 3.8) is 0 Å². The first-order chi connectivity index (χ1) is 14.2. The van der Waals surface area contributed by atoms with Crippen LogP contribution in [0.5, 0.6) is 0 Å². The number of rotatable bonds is 5. The lowest BCUT2D eigenvalue weighted by atomic mass is 10.2. The minimum absolute atomic E-state index is 0.0929. The third-order valence-electron chi connectivity index (χ3n) is 4.59. The van der Waals surface area contributed by atoms with Crippen LogP contribution >= 0.6 is 0 Å². The molecule has 8 nitrogen and oxygen atoms in total. The van der Waals surface area contributed by atoms with Crippen molar-refractivity contribution in [2.24, 2.45) is 0 Å². The Bertz CT molecular complexity index is 1020. The normalized spacial score (nSPS) is 13.7. The van der Waals surface area contributed by atoms with Gasteiger partial charge in [-0.25, -0.2) is 0 Å². The Morgan fingerprint density at radius 3 is 2.41 bits per heavy atom. The van der Waals surface area contributed by atoms with Crippen molar-refractivity contribution in [3.8, 4) is 5.69 Å². The van der Waals surface area contributed by atoms with Crippen molar-refractivity contribution in [1.82, 2.24) is 25.1 Å². The van der Waals surface area contributed by atoms with E-state index in [4.69, 9.17) is 0 Å². The molecule has 0 atom stereocenters. The highest BCUT2D eigenvalue weighted by Gasteiger charge is 2.23. The van der Waals surface area contributed by atoms with Crippen molar-refractivity contribution in [1.29, 1.82) is 0 Å². The zero-order valence-corrected chi connectivity index (χ0v) is 15.7. The second kappa shape index (κ2) is 8.47. The fraction of sp³-hybridized carbons (Fsp3) is 0.190. The number of carbonyl (C=O) groups excluding carboxylic acids is 2. The van der Waals surface area contributed by atoms with Crippen LogP contribution in [0.1, 0.15) is 29.0 Å². The highest BCUT2D eigenvalue weighted by molar-refractivity contribution is 6.01. The maximum atomic E-state index is 12.3. The standard InChI is InChI=1S/C21H20N6O2/c28-19(13-8-16-6-2-1-3-7-16)22-17-9-11-18(12-10-17)27-24-20(23-25-27)21(29)26-14-4-5-15-26/h1-3,6-13H,4-5,14-15H2,(H,22,28)/b13-8+. The van der Waals surface area contributed by atoms with Gasteiger partial charge in [0.2, 0.25) is 5.91 Å². The molecule has 0 aliphatic carbocycles. The molecule has 1 aliphatic heterocycles. The predicted octanol–water partition coefficient (Wildman–Crippen LogP) is 2.55. The molecule has 1 saturated heterocycles. The van der Waals surface area contributed by atoms with Gasteiger partial charge in [0.1, 0.15) is 0 Å². The van der Waals surface area contributed by atoms with Crippen LogP contribution in [0.25, 0.3) is 11.8 Å². The van der Waals surface area contributed by atoms with E-state index in [1.807, 2.05) is 30.3 Å². The van der Waals surface area contributed by atoms with Crippen LogP contribution in [0, 0.1) is 0 Å². The lowest BCUT2D eigenvalue weighted by molar-refractivity contribution is -0.111. The summed E-state index contributed by atoms with van der Waals surface area (Å²) < 4.78 is 0. The van der Waals surface area contributed by atoms with Crippen LogP contribution in [0.15, 0.2) is 60.7 Å². The van der Waals surface area contributed by atoms with E-state index in [1.165, 1.54) is 10.9 Å². The van der Waals surface area contributed by atoms with E-state index in [0.717, 1.165) is 31.5 Å². The van der Waals surface area contributed by atoms with E-state index in [2.05, 4.69) is 20.7 Å². The minimum atomic E-state index is -0.223. The first-order valence-corrected chi connectivity index (χ1v) is 9.43. The molecule has 1 N–H and O–H groups in total. The van der Waals surface area contributed by atoms with Gasteiger partial charge in [-0.1, -0.05) is 30.3 Å². The van der Waals surface area contributed by atoms with E-state index >= 15 is 0 Å². The second-order valence-corrected chi connectivity index (χ2v) is 6.68. The van der Waals surface area contributed by atoms with Gasteiger partial charge in [0.05, 0.1) is 5.69 Å². The van der Waals surface area contributed by atoms with Gasteiger partial charge in [0.25, 0.3) is 11.7 Å². The lowest BCUT2D eigenvalue weighted by Crippen LogP contribution is -2.28. The van der Waals surface area contributed by atoms with E-state index in [-0.39, 0.29) is 17.6 Å². The van der Waals surface area contributed by atoms with Crippen molar-refractivity contribution in [3.05, 3.63) is 72.1 Å². The monoisotopic (exact) mass is 388 g/mol. The highest BCUT2D eigenvalue weighted by atomic mass is 16.2. The van der Waals surface area contributed by atoms with Gasteiger partial charge in [-0.15, -0.1) is 15.0 Å². The summed E-state index contributed by atoms with van der Waals surface area (Å²) in [5, 5.41) is 14.8. The van der Waals surface area contributed by atoms with Crippen LogP contribution < -0.4 is 5.32 Å². The molecule has 0 saturated carbocycles. The number of amides is 2. The summed E-state index contributed by atoms with van der Waals surface area (Å²) in [6.45, 7) is 1.47. The molecule has 8 heteroatoms. The second-order valence-electron chi connectivity index (χ2n) is 6.68. The average molecular weight is 388 g/mol. The van der Waals surface area contributed by atoms with Crippen LogP contribution in [-0.2, 0) is 4.79 Å². The van der Waals surface area contributed by atoms with Crippen LogP contribution in [0.3, 0.4) is 0 Å². The maximum absolute atomic E-state index is 12.3. The van der Waals surface area contributed by atoms with Crippen LogP contribution in [0.4, 0.5) is 5.69 Å². The molecule has 29 heavy (non-hydrogen) atoms. The SMILES string of the molecule is O=C(/C=C/c1ccccc1)Nc1ccc(-n2nnc(C(=O)N3CCCC3)n2)cc1. The fourth-order valence-corrected chi connectivity index (χ4v) is 3.07. The van der Waals surface area contributed by atoms with Crippen molar-refractivity contribution in [2.45, 2.75) is 12.8 Å². The van der Waals surface area contributed by atoms with Gasteiger partial charge in [-0.2, -0.15) is 0 Å². The molecule has 2 amide bonds. The molecule has 4 rings (SSSR count). The summed E-state index contributed by atoms with van der Waals surface area (Å²) in [7, 11) is 0. The molecule has 1 fully saturated rings. The van der Waals surface area contributed by atoms with Crippen LogP contribution in [-0.4, -0.2) is 50.0 Å². The number of anilines is 1. The summed E-state index contributed by atoms with van der Waals surface area (Å²) in [6.07, 6.45) is 5.25. The minimum Gasteiger partial charge on any atom is -0.336 e. The predicted molar refractivity (Wildman–Crippen MR) is 108 cm³/mol. The van der Waals surface area contributed by atoms with Gasteiger partial charge in [-0.05, 0) is 54.0 Å². The van der Waals surface area contributed by atoms with Crippen molar-refractivity contribution >= 4 is 23.6 Å². The van der Waals surface area contributed by atoms with E-state index in [9.17, 15) is 9.59 Å². The number of nitrogens with zero attached hydrogens (tertiary/aromatic N) is 5. The number of nitrogens with one attached hydrogen (secondary N) is 1. The maximum Gasteiger partial charge on any atom is 0.295 e. The van der Waals surface area contributed by atoms with Gasteiger partial charge >= 0.3 is 0 Å². The number of aromatic nitrogens is 4. The number of benzene rings is 2. The summed E-state index contributed by atoms with van der Waals surface area (Å²) in [4.78, 5) is 27.4. The zero-order chi connectivity index (χ0) is 20.1. The van der Waals surface area contributed by atoms with Crippen molar-refractivity contribution in [2.75, 3.05) is 18.4 Å². The molecule has 146 valence electrons. The Labute approximate surface area is 167 Å². The molecule has 2 aromatic carbocycles. The Morgan fingerprint density at radius 2 is 1.69 bits per heavy atom. The zero-order valence-electron chi connectivity index (χ0n) is 15.7. The third kappa shape index (κ3) is 4.55. The number of hydrogen-bond donors (Lipinski definition) is 1. The molecule has 0 radical (unpaired) electrons. The molecule has 1 aromatic heterocycles. The van der Waals surface area contributed by atoms with E-state index in [1.54, 1.807) is 35.2 Å². The molecular weight excluding hydrogens is 368 g/mol. The largest absolute Gasteiger partial charge is 0.336 e. The Kier molecular flexibility index (Phi) is 5.42. The average Bonchev–Trinajstić information content (AvgIpc) is 3.46. The molecule has 0 bridgehead atoms. The quantitative estimate of drug-likeness (QED) is 0.678. The summed E-state index contributed by atoms with van der Waals surface area (Å²) >= 11 is 0. The number of hydrogen-bond acceptors (Lipinski definition) is 5.